The Balaban J connectivity index is 2.42. The van der Waals surface area contributed by atoms with E-state index in [2.05, 4.69) is 46.9 Å². The number of nitrogens with one attached hydrogen (secondary N) is 1. The first kappa shape index (κ1) is 16.9. The molecule has 118 valence electrons. The number of hydrogen-bond acceptors (Lipinski definition) is 2. The largest absolute Gasteiger partial charge is 0.309 e. The number of nitrogens with zero attached hydrogens (tertiary/aromatic N) is 1. The fourth-order valence-corrected chi connectivity index (χ4v) is 3.83. The molecule has 0 amide bonds. The molecule has 0 radical (unpaired) electrons. The van der Waals surface area contributed by atoms with Crippen molar-refractivity contribution in [2.45, 2.75) is 51.6 Å². The number of benzene rings is 1. The molecule has 0 saturated carbocycles. The second-order valence-corrected chi connectivity index (χ2v) is 6.89. The van der Waals surface area contributed by atoms with Crippen molar-refractivity contribution in [1.82, 2.24) is 10.2 Å². The van der Waals surface area contributed by atoms with Gasteiger partial charge in [-0.3, -0.25) is 4.90 Å². The maximum Gasteiger partial charge on any atom is 0.142 e. The van der Waals surface area contributed by atoms with Crippen LogP contribution >= 0.6 is 15.9 Å². The van der Waals surface area contributed by atoms with Crippen LogP contribution in [0.2, 0.25) is 0 Å². The van der Waals surface area contributed by atoms with E-state index in [0.29, 0.717) is 4.47 Å². The van der Waals surface area contributed by atoms with Gasteiger partial charge in [-0.25, -0.2) is 4.39 Å². The summed E-state index contributed by atoms with van der Waals surface area (Å²) in [5.41, 5.74) is 0.705. The van der Waals surface area contributed by atoms with E-state index >= 15 is 0 Å². The van der Waals surface area contributed by atoms with Crippen LogP contribution < -0.4 is 5.32 Å². The summed E-state index contributed by atoms with van der Waals surface area (Å²) >= 11 is 3.32. The summed E-state index contributed by atoms with van der Waals surface area (Å²) in [7, 11) is 0. The highest BCUT2D eigenvalue weighted by atomic mass is 79.9. The van der Waals surface area contributed by atoms with Gasteiger partial charge >= 0.3 is 0 Å². The van der Waals surface area contributed by atoms with Crippen LogP contribution in [0.25, 0.3) is 0 Å². The first-order valence-corrected chi connectivity index (χ1v) is 8.76. The lowest BCUT2D eigenvalue weighted by Crippen LogP contribution is -2.53. The van der Waals surface area contributed by atoms with Crippen LogP contribution in [0.15, 0.2) is 22.7 Å². The van der Waals surface area contributed by atoms with E-state index in [1.165, 1.54) is 12.8 Å². The van der Waals surface area contributed by atoms with Crippen LogP contribution in [-0.4, -0.2) is 30.1 Å². The normalized spacial score (nSPS) is 20.4. The van der Waals surface area contributed by atoms with Crippen molar-refractivity contribution in [1.29, 1.82) is 0 Å². The molecule has 4 heteroatoms. The lowest BCUT2D eigenvalue weighted by Gasteiger charge is -2.45. The van der Waals surface area contributed by atoms with Crippen LogP contribution in [0.1, 0.15) is 51.6 Å². The molecule has 2 nitrogen and oxygen atoms in total. The predicted molar refractivity (Wildman–Crippen MR) is 90.0 cm³/mol. The first-order valence-electron chi connectivity index (χ1n) is 7.97. The van der Waals surface area contributed by atoms with Gasteiger partial charge in [-0.1, -0.05) is 26.0 Å². The smallest absolute Gasteiger partial charge is 0.142 e. The molecule has 1 aliphatic heterocycles. The van der Waals surface area contributed by atoms with Crippen LogP contribution in [-0.2, 0) is 0 Å². The van der Waals surface area contributed by atoms with Gasteiger partial charge in [-0.2, -0.15) is 0 Å². The van der Waals surface area contributed by atoms with Crippen LogP contribution in [0.5, 0.6) is 0 Å². The van der Waals surface area contributed by atoms with Gasteiger partial charge in [0, 0.05) is 11.1 Å². The minimum Gasteiger partial charge on any atom is -0.309 e. The van der Waals surface area contributed by atoms with Gasteiger partial charge in [0.15, 0.2) is 0 Å². The molecule has 1 aliphatic rings. The van der Waals surface area contributed by atoms with Gasteiger partial charge in [-0.15, -0.1) is 0 Å². The predicted octanol–water partition coefficient (Wildman–Crippen LogP) is 4.50. The van der Waals surface area contributed by atoms with E-state index in [1.54, 1.807) is 6.07 Å². The lowest BCUT2D eigenvalue weighted by molar-refractivity contribution is 0.0830. The highest BCUT2D eigenvalue weighted by molar-refractivity contribution is 9.10. The average molecular weight is 357 g/mol. The Kier molecular flexibility index (Phi) is 5.81. The molecule has 2 rings (SSSR count). The fraction of sp³-hybridized carbons (Fsp3) is 0.647. The average Bonchev–Trinajstić information content (AvgIpc) is 3.02. The van der Waals surface area contributed by atoms with Gasteiger partial charge in [-0.05, 0) is 67.8 Å². The summed E-state index contributed by atoms with van der Waals surface area (Å²) in [4.78, 5) is 2.53. The standard InChI is InChI=1S/C17H26BrFN2/c1-4-17(3,21-11-6-7-12-21)16(20-5-2)13-9-8-10-14(18)15(13)19/h8-10,16,20H,4-7,11-12H2,1-3H3. The van der Waals surface area contributed by atoms with E-state index in [0.717, 1.165) is 31.6 Å². The third-order valence-electron chi connectivity index (χ3n) is 4.87. The summed E-state index contributed by atoms with van der Waals surface area (Å²) in [6, 6.07) is 5.61. The van der Waals surface area contributed by atoms with Crippen molar-refractivity contribution in [3.8, 4) is 0 Å². The number of rotatable bonds is 6. The third kappa shape index (κ3) is 3.33. The Morgan fingerprint density at radius 2 is 2.00 bits per heavy atom. The molecule has 1 saturated heterocycles. The molecular weight excluding hydrogens is 331 g/mol. The molecule has 0 spiro atoms. The van der Waals surface area contributed by atoms with Crippen molar-refractivity contribution in [3.63, 3.8) is 0 Å². The van der Waals surface area contributed by atoms with Crippen LogP contribution in [0.4, 0.5) is 4.39 Å². The summed E-state index contributed by atoms with van der Waals surface area (Å²) in [5, 5.41) is 3.53. The van der Waals surface area contributed by atoms with Crippen molar-refractivity contribution < 1.29 is 4.39 Å². The number of halogens is 2. The van der Waals surface area contributed by atoms with Gasteiger partial charge in [0.1, 0.15) is 5.82 Å². The van der Waals surface area contributed by atoms with Crippen molar-refractivity contribution in [2.75, 3.05) is 19.6 Å². The Labute approximate surface area is 136 Å². The maximum absolute atomic E-state index is 14.6. The Morgan fingerprint density at radius 3 is 2.57 bits per heavy atom. The molecule has 21 heavy (non-hydrogen) atoms. The van der Waals surface area contributed by atoms with Gasteiger partial charge in [0.2, 0.25) is 0 Å². The summed E-state index contributed by atoms with van der Waals surface area (Å²) < 4.78 is 15.2. The molecule has 0 bridgehead atoms. The molecule has 1 aromatic carbocycles. The topological polar surface area (TPSA) is 15.3 Å². The quantitative estimate of drug-likeness (QED) is 0.806. The number of likely N-dealkylation sites (tertiary alicyclic amines) is 1. The maximum atomic E-state index is 14.6. The molecule has 0 aromatic heterocycles. The number of likely N-dealkylation sites (N-methyl/N-ethyl adjacent to an activating group) is 1. The zero-order chi connectivity index (χ0) is 15.5. The van der Waals surface area contributed by atoms with Crippen molar-refractivity contribution in [2.24, 2.45) is 0 Å². The molecule has 1 aromatic rings. The Hall–Kier alpha value is -0.450. The molecule has 1 fully saturated rings. The fourth-order valence-electron chi connectivity index (χ4n) is 3.45. The van der Waals surface area contributed by atoms with Crippen LogP contribution in [0, 0.1) is 5.82 Å². The molecule has 2 atom stereocenters. The Morgan fingerprint density at radius 1 is 1.33 bits per heavy atom. The molecule has 1 heterocycles. The van der Waals surface area contributed by atoms with Gasteiger partial charge in [0.05, 0.1) is 10.5 Å². The minimum atomic E-state index is -0.137. The van der Waals surface area contributed by atoms with Crippen LogP contribution in [0.3, 0.4) is 0 Å². The zero-order valence-electron chi connectivity index (χ0n) is 13.3. The van der Waals surface area contributed by atoms with E-state index in [-0.39, 0.29) is 17.4 Å². The Bertz CT molecular complexity index is 474. The molecule has 1 N–H and O–H groups in total. The second kappa shape index (κ2) is 7.21. The molecular formula is C17H26BrFN2. The van der Waals surface area contributed by atoms with E-state index in [9.17, 15) is 4.39 Å². The zero-order valence-corrected chi connectivity index (χ0v) is 14.8. The van der Waals surface area contributed by atoms with Crippen molar-refractivity contribution in [3.05, 3.63) is 34.1 Å². The van der Waals surface area contributed by atoms with Crippen molar-refractivity contribution >= 4 is 15.9 Å². The summed E-state index contributed by atoms with van der Waals surface area (Å²) in [6.07, 6.45) is 3.49. The van der Waals surface area contributed by atoms with E-state index in [4.69, 9.17) is 0 Å². The highest BCUT2D eigenvalue weighted by Crippen LogP contribution is 2.38. The SMILES string of the molecule is CCNC(c1cccc(Br)c1F)C(C)(CC)N1CCCC1. The van der Waals surface area contributed by atoms with E-state index in [1.807, 2.05) is 12.1 Å². The third-order valence-corrected chi connectivity index (χ3v) is 5.48. The minimum absolute atomic E-state index is 0.00287. The monoisotopic (exact) mass is 356 g/mol. The number of hydrogen-bond donors (Lipinski definition) is 1. The first-order chi connectivity index (χ1) is 10.0. The molecule has 0 aliphatic carbocycles. The summed E-state index contributed by atoms with van der Waals surface area (Å²) in [5.74, 6) is -0.137. The summed E-state index contributed by atoms with van der Waals surface area (Å²) in [6.45, 7) is 9.62. The second-order valence-electron chi connectivity index (χ2n) is 6.04. The lowest BCUT2D eigenvalue weighted by atomic mass is 9.82. The van der Waals surface area contributed by atoms with E-state index < -0.39 is 0 Å². The van der Waals surface area contributed by atoms with Gasteiger partial charge < -0.3 is 5.32 Å². The highest BCUT2D eigenvalue weighted by Gasteiger charge is 2.41. The molecule has 2 unspecified atom stereocenters. The van der Waals surface area contributed by atoms with Gasteiger partial charge in [0.25, 0.3) is 0 Å².